The third kappa shape index (κ3) is 4.48. The molecule has 2 N–H and O–H groups in total. The van der Waals surface area contributed by atoms with Crippen LogP contribution in [0.1, 0.15) is 0 Å². The van der Waals surface area contributed by atoms with Gasteiger partial charge in [-0.15, -0.1) is 0 Å². The lowest BCUT2D eigenvalue weighted by Gasteiger charge is -2.15. The molecule has 1 aromatic carbocycles. The van der Waals surface area contributed by atoms with E-state index < -0.39 is 13.9 Å². The Morgan fingerprint density at radius 3 is 2.77 bits per heavy atom. The molecule has 0 spiro atoms. The number of hydrogen-bond acceptors (Lipinski definition) is 5. The van der Waals surface area contributed by atoms with Crippen LogP contribution in [0.25, 0.3) is 28.3 Å². The first-order valence-electron chi connectivity index (χ1n) is 9.90. The first-order valence-corrected chi connectivity index (χ1v) is 14.0. The highest BCUT2D eigenvalue weighted by Crippen LogP contribution is 2.33. The molecule has 0 bridgehead atoms. The number of nitrogens with two attached hydrogens (primary N) is 1. The molecule has 3 aromatic heterocycles. The van der Waals surface area contributed by atoms with E-state index in [0.717, 1.165) is 11.6 Å². The van der Waals surface area contributed by atoms with E-state index in [1.807, 2.05) is 10.8 Å². The van der Waals surface area contributed by atoms with E-state index in [-0.39, 0.29) is 16.3 Å². The molecular formula is C21H24ClFN6OSi. The van der Waals surface area contributed by atoms with Gasteiger partial charge < -0.3 is 19.4 Å². The van der Waals surface area contributed by atoms with Gasteiger partial charge in [0.05, 0.1) is 33.7 Å². The molecule has 31 heavy (non-hydrogen) atoms. The Bertz CT molecular complexity index is 1230. The second-order valence-electron chi connectivity index (χ2n) is 8.55. The molecule has 0 aliphatic heterocycles. The molecule has 10 heteroatoms. The number of hydrogen-bond donors (Lipinski definition) is 1. The molecule has 7 nitrogen and oxygen atoms in total. The van der Waals surface area contributed by atoms with E-state index in [2.05, 4.69) is 34.6 Å². The predicted molar refractivity (Wildman–Crippen MR) is 123 cm³/mol. The van der Waals surface area contributed by atoms with Crippen molar-refractivity contribution in [3.63, 3.8) is 0 Å². The minimum atomic E-state index is -1.15. The maximum Gasteiger partial charge on any atom is 0.162 e. The number of nitrogen functional groups attached to an aromatic ring is 1. The van der Waals surface area contributed by atoms with Gasteiger partial charge in [-0.3, -0.25) is 4.98 Å². The fraction of sp³-hybridized carbons (Fsp3) is 0.286. The van der Waals surface area contributed by atoms with E-state index in [1.54, 1.807) is 35.4 Å². The summed E-state index contributed by atoms with van der Waals surface area (Å²) in [5.41, 5.74) is 7.64. The molecule has 0 unspecified atom stereocenters. The monoisotopic (exact) mass is 458 g/mol. The average molecular weight is 459 g/mol. The molecule has 4 aromatic rings. The number of anilines is 1. The van der Waals surface area contributed by atoms with Crippen LogP contribution in [0.5, 0.6) is 0 Å². The van der Waals surface area contributed by atoms with Crippen LogP contribution >= 0.6 is 11.6 Å². The summed E-state index contributed by atoms with van der Waals surface area (Å²) in [6, 6.07) is 4.08. The Morgan fingerprint density at radius 1 is 1.19 bits per heavy atom. The lowest BCUT2D eigenvalue weighted by molar-refractivity contribution is 0.0882. The normalized spacial score (nSPS) is 12.0. The predicted octanol–water partition coefficient (Wildman–Crippen LogP) is 4.95. The van der Waals surface area contributed by atoms with Gasteiger partial charge in [-0.05, 0) is 18.2 Å². The van der Waals surface area contributed by atoms with Crippen molar-refractivity contribution in [3.8, 4) is 22.8 Å². The summed E-state index contributed by atoms with van der Waals surface area (Å²) < 4.78 is 24.1. The molecule has 0 saturated carbocycles. The topological polar surface area (TPSA) is 83.3 Å². The number of imidazole rings is 2. The second kappa shape index (κ2) is 8.41. The molecule has 0 atom stereocenters. The number of benzene rings is 1. The first kappa shape index (κ1) is 21.5. The van der Waals surface area contributed by atoms with Crippen molar-refractivity contribution in [1.82, 2.24) is 23.9 Å². The van der Waals surface area contributed by atoms with Crippen molar-refractivity contribution < 1.29 is 9.13 Å². The fourth-order valence-electron chi connectivity index (χ4n) is 3.17. The summed E-state index contributed by atoms with van der Waals surface area (Å²) in [6.07, 6.45) is 8.51. The van der Waals surface area contributed by atoms with Crippen LogP contribution in [0.15, 0.2) is 43.2 Å². The number of nitrogens with zero attached hydrogens (tertiary/aromatic N) is 5. The van der Waals surface area contributed by atoms with Crippen molar-refractivity contribution in [2.45, 2.75) is 32.4 Å². The Kier molecular flexibility index (Phi) is 5.83. The van der Waals surface area contributed by atoms with E-state index in [9.17, 15) is 4.39 Å². The summed E-state index contributed by atoms with van der Waals surface area (Å²) >= 11 is 6.20. The molecule has 162 valence electrons. The van der Waals surface area contributed by atoms with Crippen LogP contribution in [0.4, 0.5) is 10.1 Å². The molecule has 0 amide bonds. The number of rotatable bonds is 7. The lowest BCUT2D eigenvalue weighted by Crippen LogP contribution is -2.22. The summed E-state index contributed by atoms with van der Waals surface area (Å²) in [7, 11) is -1.15. The zero-order chi connectivity index (χ0) is 22.2. The summed E-state index contributed by atoms with van der Waals surface area (Å²) in [4.78, 5) is 13.4. The van der Waals surface area contributed by atoms with Gasteiger partial charge in [0.25, 0.3) is 0 Å². The van der Waals surface area contributed by atoms with Crippen molar-refractivity contribution in [2.75, 3.05) is 12.3 Å². The van der Waals surface area contributed by atoms with Gasteiger partial charge in [0.1, 0.15) is 18.8 Å². The van der Waals surface area contributed by atoms with Crippen LogP contribution in [0.2, 0.25) is 30.7 Å². The van der Waals surface area contributed by atoms with Gasteiger partial charge in [0.2, 0.25) is 0 Å². The highest BCUT2D eigenvalue weighted by Gasteiger charge is 2.18. The standard InChI is InChI=1S/C21H24ClFN6OSi/c1-31(2,3)9-8-30-13-28-7-6-25-21(28)20-17-10-26-16(11-29(17)12-27-20)18-14(22)4-5-15(24)19(18)23/h4-7,10-12H,8-9,13,24H2,1-3H3. The highest BCUT2D eigenvalue weighted by molar-refractivity contribution is 6.76. The Hall–Kier alpha value is -2.75. The lowest BCUT2D eigenvalue weighted by atomic mass is 10.1. The van der Waals surface area contributed by atoms with E-state index >= 15 is 0 Å². The third-order valence-electron chi connectivity index (χ3n) is 4.95. The Balaban J connectivity index is 1.62. The van der Waals surface area contributed by atoms with Gasteiger partial charge in [-0.25, -0.2) is 14.4 Å². The van der Waals surface area contributed by atoms with Crippen molar-refractivity contribution in [3.05, 3.63) is 54.1 Å². The molecule has 0 saturated heterocycles. The minimum Gasteiger partial charge on any atom is -0.396 e. The Labute approximate surface area is 185 Å². The molecule has 3 heterocycles. The molecule has 0 aliphatic rings. The van der Waals surface area contributed by atoms with Crippen molar-refractivity contribution >= 4 is 30.9 Å². The SMILES string of the molecule is C[Si](C)(C)CCOCn1ccnc1-c1ncn2cc(-c3c(Cl)ccc(N)c3F)ncc12. The summed E-state index contributed by atoms with van der Waals surface area (Å²) in [5, 5.41) is 0.241. The largest absolute Gasteiger partial charge is 0.396 e. The first-order chi connectivity index (χ1) is 14.7. The zero-order valence-electron chi connectivity index (χ0n) is 17.6. The smallest absolute Gasteiger partial charge is 0.162 e. The van der Waals surface area contributed by atoms with Crippen LogP contribution in [-0.2, 0) is 11.5 Å². The zero-order valence-corrected chi connectivity index (χ0v) is 19.4. The maximum absolute atomic E-state index is 14.6. The van der Waals surface area contributed by atoms with Crippen LogP contribution in [-0.4, -0.2) is 38.6 Å². The minimum absolute atomic E-state index is 0.0174. The van der Waals surface area contributed by atoms with E-state index in [4.69, 9.17) is 22.1 Å². The number of fused-ring (bicyclic) bond motifs is 1. The molecular weight excluding hydrogens is 435 g/mol. The molecule has 4 rings (SSSR count). The fourth-order valence-corrected chi connectivity index (χ4v) is 4.17. The van der Waals surface area contributed by atoms with Gasteiger partial charge in [-0.1, -0.05) is 31.2 Å². The summed E-state index contributed by atoms with van der Waals surface area (Å²) in [6.45, 7) is 8.07. The van der Waals surface area contributed by atoms with Crippen LogP contribution < -0.4 is 5.73 Å². The van der Waals surface area contributed by atoms with Crippen LogP contribution in [0, 0.1) is 5.82 Å². The van der Waals surface area contributed by atoms with Gasteiger partial charge in [0, 0.05) is 33.3 Å². The number of ether oxygens (including phenoxy) is 1. The Morgan fingerprint density at radius 2 is 2.00 bits per heavy atom. The van der Waals surface area contributed by atoms with Gasteiger partial charge >= 0.3 is 0 Å². The second-order valence-corrected chi connectivity index (χ2v) is 14.6. The van der Waals surface area contributed by atoms with E-state index in [0.29, 0.717) is 30.5 Å². The number of aromatic nitrogens is 5. The average Bonchev–Trinajstić information content (AvgIpc) is 3.34. The summed E-state index contributed by atoms with van der Waals surface area (Å²) in [5.74, 6) is 0.0870. The van der Waals surface area contributed by atoms with Crippen LogP contribution in [0.3, 0.4) is 0 Å². The van der Waals surface area contributed by atoms with Gasteiger partial charge in [0.15, 0.2) is 11.6 Å². The maximum atomic E-state index is 14.6. The molecule has 0 radical (unpaired) electrons. The third-order valence-corrected chi connectivity index (χ3v) is 6.97. The van der Waals surface area contributed by atoms with E-state index in [1.165, 1.54) is 6.07 Å². The molecule has 0 fully saturated rings. The highest BCUT2D eigenvalue weighted by atomic mass is 35.5. The van der Waals surface area contributed by atoms with Crippen molar-refractivity contribution in [1.29, 1.82) is 0 Å². The number of halogens is 2. The quantitative estimate of drug-likeness (QED) is 0.241. The van der Waals surface area contributed by atoms with Gasteiger partial charge in [-0.2, -0.15) is 0 Å². The van der Waals surface area contributed by atoms with Crippen molar-refractivity contribution in [2.24, 2.45) is 0 Å². The molecule has 0 aliphatic carbocycles.